The molecular formula is C13H17NO3S. The average Bonchev–Trinajstić information content (AvgIpc) is 2.75. The molecule has 0 bridgehead atoms. The Morgan fingerprint density at radius 1 is 1.39 bits per heavy atom. The lowest BCUT2D eigenvalue weighted by Gasteiger charge is -2.41. The fourth-order valence-electron chi connectivity index (χ4n) is 2.39. The molecule has 18 heavy (non-hydrogen) atoms. The van der Waals surface area contributed by atoms with Gasteiger partial charge in [0.15, 0.2) is 0 Å². The van der Waals surface area contributed by atoms with Crippen LogP contribution in [-0.2, 0) is 4.79 Å². The van der Waals surface area contributed by atoms with Crippen molar-refractivity contribution in [2.75, 3.05) is 6.54 Å². The molecule has 1 N–H and O–H groups in total. The van der Waals surface area contributed by atoms with E-state index in [1.54, 1.807) is 12.3 Å². The smallest absolute Gasteiger partial charge is 0.329 e. The van der Waals surface area contributed by atoms with Gasteiger partial charge in [-0.1, -0.05) is 0 Å². The van der Waals surface area contributed by atoms with Gasteiger partial charge in [0, 0.05) is 11.9 Å². The molecule has 0 aromatic carbocycles. The minimum atomic E-state index is -1.07. The first-order valence-corrected chi connectivity index (χ1v) is 6.99. The van der Waals surface area contributed by atoms with E-state index in [4.69, 9.17) is 0 Å². The van der Waals surface area contributed by atoms with E-state index in [1.807, 2.05) is 12.3 Å². The summed E-state index contributed by atoms with van der Waals surface area (Å²) < 4.78 is 0. The van der Waals surface area contributed by atoms with Gasteiger partial charge in [-0.3, -0.25) is 4.79 Å². The van der Waals surface area contributed by atoms with Crippen molar-refractivity contribution in [1.82, 2.24) is 4.90 Å². The molecule has 0 spiro atoms. The Morgan fingerprint density at radius 2 is 2.11 bits per heavy atom. The summed E-state index contributed by atoms with van der Waals surface area (Å²) in [7, 11) is 0. The molecule has 1 amide bonds. The first-order valence-electron chi connectivity index (χ1n) is 6.05. The highest BCUT2D eigenvalue weighted by atomic mass is 32.1. The molecule has 0 radical (unpaired) electrons. The first kappa shape index (κ1) is 13.1. The van der Waals surface area contributed by atoms with Crippen molar-refractivity contribution >= 4 is 23.2 Å². The molecule has 2 rings (SSSR count). The number of carbonyl (C=O) groups excluding carboxylic acids is 1. The molecule has 1 aromatic heterocycles. The molecule has 1 aromatic rings. The van der Waals surface area contributed by atoms with Gasteiger partial charge in [0.2, 0.25) is 0 Å². The molecule has 5 heteroatoms. The predicted molar refractivity (Wildman–Crippen MR) is 70.0 cm³/mol. The van der Waals surface area contributed by atoms with E-state index in [-0.39, 0.29) is 5.91 Å². The van der Waals surface area contributed by atoms with E-state index in [0.29, 0.717) is 18.5 Å². The van der Waals surface area contributed by atoms with Crippen LogP contribution in [-0.4, -0.2) is 34.0 Å². The van der Waals surface area contributed by atoms with Crippen LogP contribution in [0.5, 0.6) is 0 Å². The molecule has 1 aliphatic rings. The Labute approximate surface area is 110 Å². The molecule has 0 saturated carbocycles. The van der Waals surface area contributed by atoms with Crippen LogP contribution in [0, 0.1) is 6.92 Å². The number of nitrogens with zero attached hydrogens (tertiary/aromatic N) is 1. The zero-order valence-electron chi connectivity index (χ0n) is 10.6. The van der Waals surface area contributed by atoms with Crippen molar-refractivity contribution in [3.63, 3.8) is 0 Å². The van der Waals surface area contributed by atoms with Crippen LogP contribution in [0.15, 0.2) is 10.8 Å². The number of carboxylic acid groups (broad SMARTS) is 1. The van der Waals surface area contributed by atoms with Gasteiger partial charge in [-0.15, -0.1) is 0 Å². The Morgan fingerprint density at radius 3 is 2.67 bits per heavy atom. The van der Waals surface area contributed by atoms with Crippen molar-refractivity contribution in [1.29, 1.82) is 0 Å². The third-order valence-electron chi connectivity index (χ3n) is 3.68. The van der Waals surface area contributed by atoms with Crippen LogP contribution in [0.2, 0.25) is 0 Å². The lowest BCUT2D eigenvalue weighted by molar-refractivity contribution is -0.150. The molecule has 0 aliphatic carbocycles. The second kappa shape index (κ2) is 4.72. The third-order valence-corrected chi connectivity index (χ3v) is 4.54. The lowest BCUT2D eigenvalue weighted by Crippen LogP contribution is -2.57. The molecule has 2 heterocycles. The molecule has 4 nitrogen and oxygen atoms in total. The van der Waals surface area contributed by atoms with Crippen molar-refractivity contribution in [3.8, 4) is 0 Å². The zero-order chi connectivity index (χ0) is 13.3. The minimum Gasteiger partial charge on any atom is -0.480 e. The van der Waals surface area contributed by atoms with Crippen LogP contribution in [0.4, 0.5) is 0 Å². The summed E-state index contributed by atoms with van der Waals surface area (Å²) in [5, 5.41) is 13.1. The van der Waals surface area contributed by atoms with E-state index in [1.165, 1.54) is 16.2 Å². The van der Waals surface area contributed by atoms with Gasteiger partial charge in [-0.05, 0) is 44.1 Å². The first-order chi connectivity index (χ1) is 8.47. The molecule has 1 fully saturated rings. The highest BCUT2D eigenvalue weighted by Crippen LogP contribution is 2.30. The Bertz CT molecular complexity index is 482. The second-order valence-corrected chi connectivity index (χ2v) is 5.70. The van der Waals surface area contributed by atoms with Crippen LogP contribution in [0.3, 0.4) is 0 Å². The quantitative estimate of drug-likeness (QED) is 0.895. The number of carboxylic acids is 1. The number of hydrogen-bond donors (Lipinski definition) is 1. The van der Waals surface area contributed by atoms with Crippen molar-refractivity contribution in [2.24, 2.45) is 0 Å². The molecular weight excluding hydrogens is 250 g/mol. The molecule has 1 unspecified atom stereocenters. The monoisotopic (exact) mass is 267 g/mol. The summed E-state index contributed by atoms with van der Waals surface area (Å²) in [6.07, 6.45) is 2.25. The number of rotatable bonds is 2. The molecule has 98 valence electrons. The standard InChI is InChI=1S/C13H17NO3S/c1-9-7-18-8-10(9)11(15)14-6-4-3-5-13(14,2)12(16)17/h7-8H,3-6H2,1-2H3,(H,16,17). The number of hydrogen-bond acceptors (Lipinski definition) is 3. The van der Waals surface area contributed by atoms with Gasteiger partial charge < -0.3 is 10.0 Å². The SMILES string of the molecule is Cc1cscc1C(=O)N1CCCCC1(C)C(=O)O. The van der Waals surface area contributed by atoms with E-state index in [2.05, 4.69) is 0 Å². The van der Waals surface area contributed by atoms with Gasteiger partial charge in [0.1, 0.15) is 5.54 Å². The summed E-state index contributed by atoms with van der Waals surface area (Å²) in [5.74, 6) is -1.07. The summed E-state index contributed by atoms with van der Waals surface area (Å²) >= 11 is 1.47. The molecule has 1 atom stereocenters. The van der Waals surface area contributed by atoms with Crippen molar-refractivity contribution < 1.29 is 14.7 Å². The Balaban J connectivity index is 2.33. The van der Waals surface area contributed by atoms with E-state index >= 15 is 0 Å². The van der Waals surface area contributed by atoms with Crippen LogP contribution < -0.4 is 0 Å². The lowest BCUT2D eigenvalue weighted by atomic mass is 9.88. The van der Waals surface area contributed by atoms with Gasteiger partial charge in [-0.25, -0.2) is 4.79 Å². The molecule has 1 saturated heterocycles. The Kier molecular flexibility index (Phi) is 3.43. The highest BCUT2D eigenvalue weighted by Gasteiger charge is 2.44. The zero-order valence-corrected chi connectivity index (χ0v) is 11.4. The van der Waals surface area contributed by atoms with E-state index in [0.717, 1.165) is 18.4 Å². The van der Waals surface area contributed by atoms with Crippen molar-refractivity contribution in [2.45, 2.75) is 38.6 Å². The van der Waals surface area contributed by atoms with Gasteiger partial charge in [-0.2, -0.15) is 11.3 Å². The number of aryl methyl sites for hydroxylation is 1. The fraction of sp³-hybridized carbons (Fsp3) is 0.538. The normalized spacial score (nSPS) is 24.0. The topological polar surface area (TPSA) is 57.6 Å². The van der Waals surface area contributed by atoms with E-state index in [9.17, 15) is 14.7 Å². The van der Waals surface area contributed by atoms with Gasteiger partial charge in [0.25, 0.3) is 5.91 Å². The average molecular weight is 267 g/mol. The Hall–Kier alpha value is -1.36. The predicted octanol–water partition coefficient (Wildman–Crippen LogP) is 2.53. The van der Waals surface area contributed by atoms with Crippen LogP contribution >= 0.6 is 11.3 Å². The summed E-state index contributed by atoms with van der Waals surface area (Å²) in [5.41, 5.74) is 0.488. The van der Waals surface area contributed by atoms with Crippen LogP contribution in [0.1, 0.15) is 42.1 Å². The second-order valence-electron chi connectivity index (χ2n) is 4.96. The number of thiophene rings is 1. The molecule has 1 aliphatic heterocycles. The fourth-order valence-corrected chi connectivity index (χ4v) is 3.22. The summed E-state index contributed by atoms with van der Waals surface area (Å²) in [6, 6.07) is 0. The maximum absolute atomic E-state index is 12.5. The largest absolute Gasteiger partial charge is 0.480 e. The maximum atomic E-state index is 12.5. The van der Waals surface area contributed by atoms with Crippen LogP contribution in [0.25, 0.3) is 0 Å². The van der Waals surface area contributed by atoms with Gasteiger partial charge in [0.05, 0.1) is 5.56 Å². The number of likely N-dealkylation sites (tertiary alicyclic amines) is 1. The number of aliphatic carboxylic acids is 1. The van der Waals surface area contributed by atoms with Crippen molar-refractivity contribution in [3.05, 3.63) is 21.9 Å². The number of carbonyl (C=O) groups is 2. The summed E-state index contributed by atoms with van der Waals surface area (Å²) in [6.45, 7) is 4.05. The summed E-state index contributed by atoms with van der Waals surface area (Å²) in [4.78, 5) is 25.4. The highest BCUT2D eigenvalue weighted by molar-refractivity contribution is 7.08. The van der Waals surface area contributed by atoms with Gasteiger partial charge >= 0.3 is 5.97 Å². The minimum absolute atomic E-state index is 0.154. The van der Waals surface area contributed by atoms with E-state index < -0.39 is 11.5 Å². The number of amides is 1. The maximum Gasteiger partial charge on any atom is 0.329 e. The number of piperidine rings is 1. The third kappa shape index (κ3) is 2.03.